The molecule has 1 saturated heterocycles. The fourth-order valence-electron chi connectivity index (χ4n) is 3.53. The zero-order valence-corrected chi connectivity index (χ0v) is 12.1. The van der Waals surface area contributed by atoms with Crippen LogP contribution in [0.5, 0.6) is 5.75 Å². The molecule has 3 rings (SSSR count). The summed E-state index contributed by atoms with van der Waals surface area (Å²) in [6.45, 7) is 8.73. The minimum Gasteiger partial charge on any atom is -0.490 e. The van der Waals surface area contributed by atoms with Crippen LogP contribution in [0.3, 0.4) is 0 Å². The molecule has 3 nitrogen and oxygen atoms in total. The van der Waals surface area contributed by atoms with Gasteiger partial charge in [-0.1, -0.05) is 36.9 Å². The zero-order chi connectivity index (χ0) is 14.9. The van der Waals surface area contributed by atoms with Crippen LogP contribution in [0.2, 0.25) is 0 Å². The molecular formula is C18H20O3. The highest BCUT2D eigenvalue weighted by atomic mass is 16.5. The monoisotopic (exact) mass is 284 g/mol. The molecule has 2 fully saturated rings. The van der Waals surface area contributed by atoms with Gasteiger partial charge in [0.25, 0.3) is 0 Å². The van der Waals surface area contributed by atoms with Gasteiger partial charge in [0, 0.05) is 5.92 Å². The second kappa shape index (κ2) is 5.40. The number of hydrogen-bond acceptors (Lipinski definition) is 3. The van der Waals surface area contributed by atoms with Crippen molar-refractivity contribution < 1.29 is 14.3 Å². The lowest BCUT2D eigenvalue weighted by Crippen LogP contribution is -2.31. The van der Waals surface area contributed by atoms with E-state index in [9.17, 15) is 4.79 Å². The molecule has 0 bridgehead atoms. The summed E-state index contributed by atoms with van der Waals surface area (Å²) in [6.07, 6.45) is 4.06. The Hall–Kier alpha value is -2.03. The highest BCUT2D eigenvalue weighted by molar-refractivity contribution is 5.81. The van der Waals surface area contributed by atoms with E-state index in [1.165, 1.54) is 0 Å². The van der Waals surface area contributed by atoms with Gasteiger partial charge in [0.15, 0.2) is 0 Å². The van der Waals surface area contributed by atoms with Crippen LogP contribution in [-0.4, -0.2) is 19.2 Å². The van der Waals surface area contributed by atoms with E-state index in [0.29, 0.717) is 19.6 Å². The van der Waals surface area contributed by atoms with E-state index in [4.69, 9.17) is 9.47 Å². The molecule has 110 valence electrons. The Bertz CT molecular complexity index is 590. The summed E-state index contributed by atoms with van der Waals surface area (Å²) in [6, 6.07) is 7.92. The predicted octanol–water partition coefficient (Wildman–Crippen LogP) is 3.30. The number of rotatable bonds is 5. The van der Waals surface area contributed by atoms with Gasteiger partial charge in [0.2, 0.25) is 0 Å². The lowest BCUT2D eigenvalue weighted by atomic mass is 9.75. The van der Waals surface area contributed by atoms with Crippen LogP contribution in [0.15, 0.2) is 49.1 Å². The molecule has 0 aromatic heterocycles. The molecule has 21 heavy (non-hydrogen) atoms. The Balaban J connectivity index is 1.83. The highest BCUT2D eigenvalue weighted by Crippen LogP contribution is 2.52. The number of hydrogen-bond donors (Lipinski definition) is 0. The van der Waals surface area contributed by atoms with Crippen LogP contribution < -0.4 is 4.74 Å². The van der Waals surface area contributed by atoms with Crippen molar-refractivity contribution in [1.82, 2.24) is 0 Å². The first-order valence-electron chi connectivity index (χ1n) is 7.30. The average molecular weight is 284 g/mol. The quantitative estimate of drug-likeness (QED) is 0.615. The summed E-state index contributed by atoms with van der Waals surface area (Å²) in [5.74, 6) is 1.02. The number of benzene rings is 1. The third-order valence-electron chi connectivity index (χ3n) is 4.49. The van der Waals surface area contributed by atoms with Crippen molar-refractivity contribution in [3.05, 3.63) is 54.6 Å². The number of cyclic esters (lactones) is 1. The van der Waals surface area contributed by atoms with Crippen LogP contribution in [0.4, 0.5) is 0 Å². The maximum absolute atomic E-state index is 12.3. The third kappa shape index (κ3) is 2.48. The smallest absolute Gasteiger partial charge is 0.313 e. The lowest BCUT2D eigenvalue weighted by Gasteiger charge is -2.24. The van der Waals surface area contributed by atoms with E-state index in [1.54, 1.807) is 6.08 Å². The molecule has 2 atom stereocenters. The van der Waals surface area contributed by atoms with E-state index in [1.807, 2.05) is 24.3 Å². The number of allylic oxidation sites excluding steroid dienone is 1. The van der Waals surface area contributed by atoms with Gasteiger partial charge >= 0.3 is 5.97 Å². The van der Waals surface area contributed by atoms with Crippen molar-refractivity contribution >= 4 is 5.97 Å². The Morgan fingerprint density at radius 2 is 2.33 bits per heavy atom. The molecular weight excluding hydrogens is 264 g/mol. The molecule has 0 amide bonds. The van der Waals surface area contributed by atoms with Gasteiger partial charge in [0.1, 0.15) is 12.4 Å². The maximum atomic E-state index is 12.3. The molecule has 0 N–H and O–H groups in total. The molecule has 3 heteroatoms. The Morgan fingerprint density at radius 3 is 3.14 bits per heavy atom. The van der Waals surface area contributed by atoms with Crippen molar-refractivity contribution in [2.75, 3.05) is 13.2 Å². The first kappa shape index (κ1) is 13.9. The first-order chi connectivity index (χ1) is 10.1. The predicted molar refractivity (Wildman–Crippen MR) is 81.1 cm³/mol. The van der Waals surface area contributed by atoms with Gasteiger partial charge in [-0.25, -0.2) is 0 Å². The molecule has 1 aliphatic carbocycles. The van der Waals surface area contributed by atoms with Crippen LogP contribution in [0.1, 0.15) is 18.4 Å². The molecule has 1 aromatic carbocycles. The van der Waals surface area contributed by atoms with E-state index in [0.717, 1.165) is 29.7 Å². The first-order valence-corrected chi connectivity index (χ1v) is 7.30. The fourth-order valence-corrected chi connectivity index (χ4v) is 3.53. The van der Waals surface area contributed by atoms with Gasteiger partial charge in [0.05, 0.1) is 12.0 Å². The zero-order valence-electron chi connectivity index (χ0n) is 12.1. The van der Waals surface area contributed by atoms with Crippen molar-refractivity contribution in [2.24, 2.45) is 11.3 Å². The summed E-state index contributed by atoms with van der Waals surface area (Å²) >= 11 is 0. The number of carbonyl (C=O) groups excluding carboxylic acids is 1. The second-order valence-electron chi connectivity index (χ2n) is 6.01. The summed E-state index contributed by atoms with van der Waals surface area (Å²) < 4.78 is 10.9. The number of fused-ring (bicyclic) bond motifs is 1. The van der Waals surface area contributed by atoms with E-state index in [-0.39, 0.29) is 11.9 Å². The van der Waals surface area contributed by atoms with E-state index >= 15 is 0 Å². The van der Waals surface area contributed by atoms with Crippen molar-refractivity contribution in [3.63, 3.8) is 0 Å². The molecule has 0 spiro atoms. The minimum atomic E-state index is -0.409. The van der Waals surface area contributed by atoms with Crippen LogP contribution >= 0.6 is 0 Å². The second-order valence-corrected chi connectivity index (χ2v) is 6.01. The summed E-state index contributed by atoms with van der Waals surface area (Å²) in [5, 5.41) is 0. The van der Waals surface area contributed by atoms with E-state index < -0.39 is 5.41 Å². The van der Waals surface area contributed by atoms with Gasteiger partial charge in [-0.15, -0.1) is 0 Å². The van der Waals surface area contributed by atoms with Crippen molar-refractivity contribution in [1.29, 1.82) is 0 Å². The Labute approximate surface area is 125 Å². The van der Waals surface area contributed by atoms with Crippen molar-refractivity contribution in [3.8, 4) is 5.75 Å². The average Bonchev–Trinajstić information content (AvgIpc) is 2.93. The van der Waals surface area contributed by atoms with Crippen LogP contribution in [0.25, 0.3) is 0 Å². The summed E-state index contributed by atoms with van der Waals surface area (Å²) in [5.41, 5.74) is 1.86. The Kier molecular flexibility index (Phi) is 3.58. The molecule has 0 radical (unpaired) electrons. The largest absolute Gasteiger partial charge is 0.490 e. The molecule has 2 unspecified atom stereocenters. The minimum absolute atomic E-state index is 0.0661. The molecule has 2 aliphatic rings. The molecule has 1 saturated carbocycles. The fraction of sp³-hybridized carbons (Fsp3) is 0.389. The highest BCUT2D eigenvalue weighted by Gasteiger charge is 2.55. The van der Waals surface area contributed by atoms with Crippen LogP contribution in [-0.2, 0) is 16.0 Å². The van der Waals surface area contributed by atoms with E-state index in [2.05, 4.69) is 13.2 Å². The van der Waals surface area contributed by atoms with Gasteiger partial charge in [-0.05, 0) is 37.0 Å². The van der Waals surface area contributed by atoms with Crippen molar-refractivity contribution in [2.45, 2.75) is 19.3 Å². The summed E-state index contributed by atoms with van der Waals surface area (Å²) in [7, 11) is 0. The normalized spacial score (nSPS) is 27.3. The number of esters is 1. The topological polar surface area (TPSA) is 35.5 Å². The SMILES string of the molecule is C=CCOc1cccc(CC23CC(=C)CC2COC3=O)c1. The molecule has 1 aromatic rings. The van der Waals surface area contributed by atoms with Crippen LogP contribution in [0, 0.1) is 11.3 Å². The maximum Gasteiger partial charge on any atom is 0.313 e. The van der Waals surface area contributed by atoms with Gasteiger partial charge in [-0.2, -0.15) is 0 Å². The summed E-state index contributed by atoms with van der Waals surface area (Å²) in [4.78, 5) is 12.3. The molecule has 1 aliphatic heterocycles. The Morgan fingerprint density at radius 1 is 1.48 bits per heavy atom. The van der Waals surface area contributed by atoms with Gasteiger partial charge in [-0.3, -0.25) is 4.79 Å². The standard InChI is InChI=1S/C18H20O3/c1-3-7-20-16-6-4-5-14(9-16)11-18-10-13(2)8-15(18)12-21-17(18)19/h3-6,9,15H,1-2,7-8,10-12H2. The molecule has 1 heterocycles. The lowest BCUT2D eigenvalue weighted by molar-refractivity contribution is -0.146. The number of carbonyl (C=O) groups is 1. The third-order valence-corrected chi connectivity index (χ3v) is 4.49. The van der Waals surface area contributed by atoms with Gasteiger partial charge < -0.3 is 9.47 Å². The number of ether oxygens (including phenoxy) is 2.